The smallest absolute Gasteiger partial charge is 0.344 e. The standard InChI is InChI=1S/C18H15ClN2O4/c1-12-6-7-14(8-15(12)19)21-17(22)10-25-18(23)11-24-16-5-3-2-4-13(16)9-20/h2-8H,10-11H2,1H3,(H,21,22). The van der Waals surface area contributed by atoms with Crippen molar-refractivity contribution in [3.8, 4) is 11.8 Å². The average Bonchev–Trinajstić information content (AvgIpc) is 2.61. The third kappa shape index (κ3) is 5.52. The average molecular weight is 359 g/mol. The summed E-state index contributed by atoms with van der Waals surface area (Å²) < 4.78 is 10.1. The molecule has 1 amide bonds. The number of esters is 1. The van der Waals surface area contributed by atoms with Crippen molar-refractivity contribution in [3.63, 3.8) is 0 Å². The molecule has 0 saturated heterocycles. The second-order valence-electron chi connectivity index (χ2n) is 5.07. The third-order valence-corrected chi connectivity index (χ3v) is 3.58. The molecule has 0 fully saturated rings. The van der Waals surface area contributed by atoms with Crippen LogP contribution in [0.5, 0.6) is 5.75 Å². The topological polar surface area (TPSA) is 88.4 Å². The van der Waals surface area contributed by atoms with Crippen LogP contribution >= 0.6 is 11.6 Å². The molecule has 2 aromatic rings. The van der Waals surface area contributed by atoms with E-state index in [1.165, 1.54) is 0 Å². The molecule has 0 aromatic heterocycles. The van der Waals surface area contributed by atoms with E-state index >= 15 is 0 Å². The number of benzene rings is 2. The van der Waals surface area contributed by atoms with Gasteiger partial charge in [0.05, 0.1) is 5.56 Å². The molecular formula is C18H15ClN2O4. The van der Waals surface area contributed by atoms with Crippen molar-refractivity contribution < 1.29 is 19.1 Å². The van der Waals surface area contributed by atoms with Crippen LogP contribution in [0.2, 0.25) is 5.02 Å². The molecule has 6 nitrogen and oxygen atoms in total. The Morgan fingerprint density at radius 1 is 1.20 bits per heavy atom. The number of anilines is 1. The minimum Gasteiger partial charge on any atom is -0.481 e. The number of ether oxygens (including phenoxy) is 2. The molecule has 2 rings (SSSR count). The van der Waals surface area contributed by atoms with Gasteiger partial charge in [0.2, 0.25) is 0 Å². The van der Waals surface area contributed by atoms with Crippen molar-refractivity contribution in [2.75, 3.05) is 18.5 Å². The number of hydrogen-bond donors (Lipinski definition) is 1. The summed E-state index contributed by atoms with van der Waals surface area (Å²) >= 11 is 5.97. The van der Waals surface area contributed by atoms with Crippen LogP contribution in [0.1, 0.15) is 11.1 Å². The Morgan fingerprint density at radius 2 is 1.96 bits per heavy atom. The second-order valence-corrected chi connectivity index (χ2v) is 5.48. The van der Waals surface area contributed by atoms with Gasteiger partial charge in [-0.15, -0.1) is 0 Å². The maximum Gasteiger partial charge on any atom is 0.344 e. The summed E-state index contributed by atoms with van der Waals surface area (Å²) in [4.78, 5) is 23.4. The lowest BCUT2D eigenvalue weighted by atomic mass is 10.2. The minimum atomic E-state index is -0.718. The summed E-state index contributed by atoms with van der Waals surface area (Å²) in [6, 6.07) is 13.5. The lowest BCUT2D eigenvalue weighted by Gasteiger charge is -2.09. The maximum atomic E-state index is 11.8. The number of para-hydroxylation sites is 1. The zero-order valence-electron chi connectivity index (χ0n) is 13.4. The Balaban J connectivity index is 1.78. The van der Waals surface area contributed by atoms with Crippen molar-refractivity contribution >= 4 is 29.2 Å². The first kappa shape index (κ1) is 18.3. The van der Waals surface area contributed by atoms with E-state index in [0.717, 1.165) is 5.56 Å². The van der Waals surface area contributed by atoms with Crippen LogP contribution in [-0.4, -0.2) is 25.1 Å². The van der Waals surface area contributed by atoms with Gasteiger partial charge in [-0.2, -0.15) is 5.26 Å². The van der Waals surface area contributed by atoms with E-state index in [4.69, 9.17) is 26.3 Å². The van der Waals surface area contributed by atoms with Gasteiger partial charge in [0.1, 0.15) is 11.8 Å². The molecule has 0 aliphatic rings. The zero-order valence-corrected chi connectivity index (χ0v) is 14.2. The van der Waals surface area contributed by atoms with Gasteiger partial charge in [0, 0.05) is 10.7 Å². The van der Waals surface area contributed by atoms with Gasteiger partial charge in [-0.25, -0.2) is 4.79 Å². The number of nitriles is 1. The van der Waals surface area contributed by atoms with E-state index in [0.29, 0.717) is 16.3 Å². The van der Waals surface area contributed by atoms with Crippen LogP contribution in [0, 0.1) is 18.3 Å². The van der Waals surface area contributed by atoms with Crippen molar-refractivity contribution in [2.24, 2.45) is 0 Å². The number of nitrogens with zero attached hydrogens (tertiary/aromatic N) is 1. The van der Waals surface area contributed by atoms with E-state index < -0.39 is 25.1 Å². The van der Waals surface area contributed by atoms with Gasteiger partial charge in [0.25, 0.3) is 5.91 Å². The first-order chi connectivity index (χ1) is 12.0. The van der Waals surface area contributed by atoms with Gasteiger partial charge < -0.3 is 14.8 Å². The SMILES string of the molecule is Cc1ccc(NC(=O)COC(=O)COc2ccccc2C#N)cc1Cl. The normalized spacial score (nSPS) is 9.80. The molecule has 128 valence electrons. The summed E-state index contributed by atoms with van der Waals surface area (Å²) in [6.45, 7) is 0.996. The lowest BCUT2D eigenvalue weighted by molar-refractivity contribution is -0.149. The lowest BCUT2D eigenvalue weighted by Crippen LogP contribution is -2.23. The number of halogens is 1. The minimum absolute atomic E-state index is 0.278. The monoisotopic (exact) mass is 358 g/mol. The van der Waals surface area contributed by atoms with Crippen molar-refractivity contribution in [1.29, 1.82) is 5.26 Å². The fourth-order valence-electron chi connectivity index (χ4n) is 1.88. The molecule has 0 heterocycles. The number of hydrogen-bond acceptors (Lipinski definition) is 5. The van der Waals surface area contributed by atoms with Gasteiger partial charge >= 0.3 is 5.97 Å². The Bertz CT molecular complexity index is 830. The Labute approximate surface area is 149 Å². The summed E-state index contributed by atoms with van der Waals surface area (Å²) in [7, 11) is 0. The van der Waals surface area contributed by atoms with Crippen LogP contribution in [0.25, 0.3) is 0 Å². The number of carbonyl (C=O) groups is 2. The van der Waals surface area contributed by atoms with Crippen LogP contribution in [-0.2, 0) is 14.3 Å². The molecule has 0 unspecified atom stereocenters. The zero-order chi connectivity index (χ0) is 18.2. The quantitative estimate of drug-likeness (QED) is 0.801. The summed E-state index contributed by atoms with van der Waals surface area (Å²) in [5.41, 5.74) is 1.71. The number of nitrogens with one attached hydrogen (secondary N) is 1. The van der Waals surface area contributed by atoms with Gasteiger partial charge in [-0.05, 0) is 36.8 Å². The van der Waals surface area contributed by atoms with Crippen molar-refractivity contribution in [2.45, 2.75) is 6.92 Å². The molecular weight excluding hydrogens is 344 g/mol. The van der Waals surface area contributed by atoms with E-state index in [1.54, 1.807) is 42.5 Å². The molecule has 25 heavy (non-hydrogen) atoms. The highest BCUT2D eigenvalue weighted by atomic mass is 35.5. The van der Waals surface area contributed by atoms with E-state index in [2.05, 4.69) is 5.32 Å². The highest BCUT2D eigenvalue weighted by Crippen LogP contribution is 2.20. The second kappa shape index (κ2) is 8.71. The molecule has 2 aromatic carbocycles. The van der Waals surface area contributed by atoms with Gasteiger partial charge in [-0.1, -0.05) is 29.8 Å². The van der Waals surface area contributed by atoms with Crippen LogP contribution in [0.3, 0.4) is 0 Å². The van der Waals surface area contributed by atoms with Gasteiger partial charge in [-0.3, -0.25) is 4.79 Å². The molecule has 7 heteroatoms. The Morgan fingerprint density at radius 3 is 2.68 bits per heavy atom. The number of amides is 1. The van der Waals surface area contributed by atoms with Crippen LogP contribution in [0.15, 0.2) is 42.5 Å². The number of carbonyl (C=O) groups excluding carboxylic acids is 2. The molecule has 0 bridgehead atoms. The molecule has 0 aliphatic heterocycles. The summed E-state index contributed by atoms with van der Waals surface area (Å²) in [6.07, 6.45) is 0. The highest BCUT2D eigenvalue weighted by Gasteiger charge is 2.10. The Hall–Kier alpha value is -3.04. The molecule has 0 saturated carbocycles. The van der Waals surface area contributed by atoms with Crippen LogP contribution in [0.4, 0.5) is 5.69 Å². The maximum absolute atomic E-state index is 11.8. The third-order valence-electron chi connectivity index (χ3n) is 3.17. The first-order valence-corrected chi connectivity index (χ1v) is 7.71. The highest BCUT2D eigenvalue weighted by molar-refractivity contribution is 6.31. The summed E-state index contributed by atoms with van der Waals surface area (Å²) in [5, 5.41) is 12.0. The van der Waals surface area contributed by atoms with Crippen LogP contribution < -0.4 is 10.1 Å². The molecule has 0 aliphatic carbocycles. The number of aryl methyl sites for hydroxylation is 1. The predicted octanol–water partition coefficient (Wildman–Crippen LogP) is 3.08. The summed E-state index contributed by atoms with van der Waals surface area (Å²) in [5.74, 6) is -0.934. The molecule has 1 N–H and O–H groups in total. The fourth-order valence-corrected chi connectivity index (χ4v) is 2.06. The Kier molecular flexibility index (Phi) is 6.38. The van der Waals surface area contributed by atoms with E-state index in [1.807, 2.05) is 13.0 Å². The largest absolute Gasteiger partial charge is 0.481 e. The first-order valence-electron chi connectivity index (χ1n) is 7.33. The van der Waals surface area contributed by atoms with E-state index in [9.17, 15) is 9.59 Å². The molecule has 0 radical (unpaired) electrons. The van der Waals surface area contributed by atoms with Crippen molar-refractivity contribution in [3.05, 3.63) is 58.6 Å². The fraction of sp³-hybridized carbons (Fsp3) is 0.167. The number of rotatable bonds is 6. The van der Waals surface area contributed by atoms with Gasteiger partial charge in [0.15, 0.2) is 13.2 Å². The molecule has 0 spiro atoms. The van der Waals surface area contributed by atoms with Crippen molar-refractivity contribution in [1.82, 2.24) is 0 Å². The van der Waals surface area contributed by atoms with E-state index in [-0.39, 0.29) is 5.75 Å². The molecule has 0 atom stereocenters. The predicted molar refractivity (Wildman–Crippen MR) is 92.4 cm³/mol.